The second-order valence-electron chi connectivity index (χ2n) is 7.44. The second-order valence-corrected chi connectivity index (χ2v) is 8.22. The summed E-state index contributed by atoms with van der Waals surface area (Å²) in [4.78, 5) is 40.8. The molecule has 28 heavy (non-hydrogen) atoms. The molecule has 8 heteroatoms. The number of carbonyl (C=O) groups is 3. The van der Waals surface area contributed by atoms with Gasteiger partial charge in [0, 0.05) is 32.6 Å². The fourth-order valence-corrected chi connectivity index (χ4v) is 3.42. The standard InChI is InChI=1S/C20H27Cl2N3O3/c1-13(2)7-8-17(26)24-9-11-25(12-10-24)20(28)14(3)23-19(27)15-5-4-6-16(21)18(15)22/h4-6,13-14H,7-12H2,1-3H3,(H,23,27). The molecule has 1 N–H and O–H groups in total. The molecule has 1 aromatic rings. The molecule has 1 unspecified atom stereocenters. The van der Waals surface area contributed by atoms with Crippen molar-refractivity contribution in [2.24, 2.45) is 5.92 Å². The summed E-state index contributed by atoms with van der Waals surface area (Å²) in [6, 6.07) is 4.08. The molecule has 1 fully saturated rings. The summed E-state index contributed by atoms with van der Waals surface area (Å²) in [5, 5.41) is 3.12. The van der Waals surface area contributed by atoms with Gasteiger partial charge in [-0.15, -0.1) is 0 Å². The van der Waals surface area contributed by atoms with Crippen molar-refractivity contribution in [3.05, 3.63) is 33.8 Å². The number of nitrogens with zero attached hydrogens (tertiary/aromatic N) is 2. The minimum Gasteiger partial charge on any atom is -0.340 e. The second kappa shape index (κ2) is 10.1. The molecule has 154 valence electrons. The van der Waals surface area contributed by atoms with Gasteiger partial charge in [-0.25, -0.2) is 0 Å². The first-order chi connectivity index (χ1) is 13.2. The molecule has 0 bridgehead atoms. The number of nitrogens with one attached hydrogen (secondary N) is 1. The molecule has 0 radical (unpaired) electrons. The maximum Gasteiger partial charge on any atom is 0.253 e. The third-order valence-corrected chi connectivity index (χ3v) is 5.61. The third-order valence-electron chi connectivity index (χ3n) is 4.79. The van der Waals surface area contributed by atoms with Crippen LogP contribution in [0.3, 0.4) is 0 Å². The van der Waals surface area contributed by atoms with E-state index in [1.807, 2.05) is 0 Å². The van der Waals surface area contributed by atoms with Crippen LogP contribution in [0.1, 0.15) is 44.0 Å². The van der Waals surface area contributed by atoms with Gasteiger partial charge in [0.25, 0.3) is 5.91 Å². The lowest BCUT2D eigenvalue weighted by atomic mass is 10.1. The number of hydrogen-bond donors (Lipinski definition) is 1. The van der Waals surface area contributed by atoms with E-state index in [4.69, 9.17) is 23.2 Å². The van der Waals surface area contributed by atoms with Crippen molar-refractivity contribution < 1.29 is 14.4 Å². The summed E-state index contributed by atoms with van der Waals surface area (Å²) < 4.78 is 0. The van der Waals surface area contributed by atoms with Crippen LogP contribution in [0.15, 0.2) is 18.2 Å². The van der Waals surface area contributed by atoms with Crippen LogP contribution in [-0.2, 0) is 9.59 Å². The van der Waals surface area contributed by atoms with Gasteiger partial charge in [0.15, 0.2) is 0 Å². The Labute approximate surface area is 176 Å². The van der Waals surface area contributed by atoms with Crippen LogP contribution in [0.2, 0.25) is 10.0 Å². The molecule has 1 aliphatic rings. The van der Waals surface area contributed by atoms with Crippen molar-refractivity contribution in [3.8, 4) is 0 Å². The normalized spacial score (nSPS) is 15.5. The highest BCUT2D eigenvalue weighted by molar-refractivity contribution is 6.43. The highest BCUT2D eigenvalue weighted by Gasteiger charge is 2.28. The minimum absolute atomic E-state index is 0.137. The van der Waals surface area contributed by atoms with Gasteiger partial charge < -0.3 is 15.1 Å². The Morgan fingerprint density at radius 2 is 1.64 bits per heavy atom. The maximum absolute atomic E-state index is 12.7. The largest absolute Gasteiger partial charge is 0.340 e. The van der Waals surface area contributed by atoms with Crippen LogP contribution in [0.4, 0.5) is 0 Å². The van der Waals surface area contributed by atoms with Gasteiger partial charge in [-0.3, -0.25) is 14.4 Å². The summed E-state index contributed by atoms with van der Waals surface area (Å²) >= 11 is 12.0. The van der Waals surface area contributed by atoms with Crippen LogP contribution < -0.4 is 5.32 Å². The Balaban J connectivity index is 1.86. The lowest BCUT2D eigenvalue weighted by molar-refractivity contribution is -0.140. The van der Waals surface area contributed by atoms with Gasteiger partial charge >= 0.3 is 0 Å². The minimum atomic E-state index is -0.703. The molecule has 1 heterocycles. The van der Waals surface area contributed by atoms with E-state index in [-0.39, 0.29) is 27.4 Å². The monoisotopic (exact) mass is 427 g/mol. The first-order valence-corrected chi connectivity index (χ1v) is 10.3. The first kappa shape index (κ1) is 22.5. The molecule has 0 aromatic heterocycles. The average Bonchev–Trinajstić information content (AvgIpc) is 2.67. The van der Waals surface area contributed by atoms with E-state index in [1.165, 1.54) is 0 Å². The van der Waals surface area contributed by atoms with Crippen molar-refractivity contribution in [1.29, 1.82) is 0 Å². The Hall–Kier alpha value is -1.79. The summed E-state index contributed by atoms with van der Waals surface area (Å²) in [5.74, 6) is -0.00125. The van der Waals surface area contributed by atoms with Crippen molar-refractivity contribution in [3.63, 3.8) is 0 Å². The highest BCUT2D eigenvalue weighted by atomic mass is 35.5. The van der Waals surface area contributed by atoms with Crippen molar-refractivity contribution >= 4 is 40.9 Å². The molecule has 6 nitrogen and oxygen atoms in total. The topological polar surface area (TPSA) is 69.7 Å². The van der Waals surface area contributed by atoms with E-state index < -0.39 is 11.9 Å². The molecule has 3 amide bonds. The molecule has 1 saturated heterocycles. The van der Waals surface area contributed by atoms with E-state index in [0.717, 1.165) is 6.42 Å². The lowest BCUT2D eigenvalue weighted by Crippen LogP contribution is -2.55. The lowest BCUT2D eigenvalue weighted by Gasteiger charge is -2.36. The highest BCUT2D eigenvalue weighted by Crippen LogP contribution is 2.25. The summed E-state index contributed by atoms with van der Waals surface area (Å²) in [6.45, 7) is 7.78. The van der Waals surface area contributed by atoms with Gasteiger partial charge in [0.2, 0.25) is 11.8 Å². The number of piperazine rings is 1. The van der Waals surface area contributed by atoms with Crippen molar-refractivity contribution in [2.45, 2.75) is 39.7 Å². The van der Waals surface area contributed by atoms with Crippen LogP contribution >= 0.6 is 23.2 Å². The van der Waals surface area contributed by atoms with E-state index in [1.54, 1.807) is 34.9 Å². The number of hydrogen-bond acceptors (Lipinski definition) is 3. The van der Waals surface area contributed by atoms with Crippen molar-refractivity contribution in [2.75, 3.05) is 26.2 Å². The number of rotatable bonds is 6. The summed E-state index contributed by atoms with van der Waals surface area (Å²) in [5.41, 5.74) is 0.231. The SMILES string of the molecule is CC(C)CCC(=O)N1CCN(C(=O)C(C)NC(=O)c2cccc(Cl)c2Cl)CC1. The zero-order valence-electron chi connectivity index (χ0n) is 16.5. The molecule has 0 spiro atoms. The predicted octanol–water partition coefficient (Wildman–Crippen LogP) is 3.22. The molecule has 1 aromatic carbocycles. The van der Waals surface area contributed by atoms with Crippen LogP contribution in [0.5, 0.6) is 0 Å². The predicted molar refractivity (Wildman–Crippen MR) is 111 cm³/mol. The van der Waals surface area contributed by atoms with E-state index >= 15 is 0 Å². The van der Waals surface area contributed by atoms with Gasteiger partial charge in [-0.05, 0) is 31.4 Å². The zero-order chi connectivity index (χ0) is 20.8. The first-order valence-electron chi connectivity index (χ1n) is 9.52. The quantitative estimate of drug-likeness (QED) is 0.757. The van der Waals surface area contributed by atoms with Gasteiger partial charge in [0.05, 0.1) is 15.6 Å². The molecular weight excluding hydrogens is 401 g/mol. The van der Waals surface area contributed by atoms with Crippen LogP contribution in [0.25, 0.3) is 0 Å². The molecule has 0 saturated carbocycles. The number of carbonyl (C=O) groups excluding carboxylic acids is 3. The Kier molecular flexibility index (Phi) is 8.13. The zero-order valence-corrected chi connectivity index (χ0v) is 18.0. The molecule has 0 aliphatic carbocycles. The third kappa shape index (κ3) is 5.85. The summed E-state index contributed by atoms with van der Waals surface area (Å²) in [7, 11) is 0. The average molecular weight is 428 g/mol. The molecular formula is C20H27Cl2N3O3. The van der Waals surface area contributed by atoms with Crippen LogP contribution in [0, 0.1) is 5.92 Å². The number of benzene rings is 1. The molecule has 2 rings (SSSR count). The molecule has 1 aliphatic heterocycles. The van der Waals surface area contributed by atoms with Gasteiger partial charge in [-0.1, -0.05) is 43.1 Å². The number of halogens is 2. The maximum atomic E-state index is 12.7. The Morgan fingerprint density at radius 1 is 1.04 bits per heavy atom. The number of amides is 3. The van der Waals surface area contributed by atoms with Gasteiger partial charge in [-0.2, -0.15) is 0 Å². The Bertz CT molecular complexity index is 731. The fourth-order valence-electron chi connectivity index (χ4n) is 3.04. The summed E-state index contributed by atoms with van der Waals surface area (Å²) in [6.07, 6.45) is 1.41. The van der Waals surface area contributed by atoms with Gasteiger partial charge in [0.1, 0.15) is 6.04 Å². The van der Waals surface area contributed by atoms with E-state index in [9.17, 15) is 14.4 Å². The van der Waals surface area contributed by atoms with Crippen molar-refractivity contribution in [1.82, 2.24) is 15.1 Å². The smallest absolute Gasteiger partial charge is 0.253 e. The van der Waals surface area contributed by atoms with E-state index in [0.29, 0.717) is 38.5 Å². The molecule has 1 atom stereocenters. The fraction of sp³-hybridized carbons (Fsp3) is 0.550. The van der Waals surface area contributed by atoms with E-state index in [2.05, 4.69) is 19.2 Å². The van der Waals surface area contributed by atoms with Crippen LogP contribution in [-0.4, -0.2) is 59.7 Å². The Morgan fingerprint density at radius 3 is 2.25 bits per heavy atom.